The molecule has 0 aromatic heterocycles. The number of hydrogen-bond acceptors (Lipinski definition) is 3. The van der Waals surface area contributed by atoms with E-state index in [0.717, 1.165) is 11.1 Å². The molecule has 2 aromatic rings. The number of alkyl halides is 3. The molecule has 0 saturated carbocycles. The van der Waals surface area contributed by atoms with Gasteiger partial charge in [-0.1, -0.05) is 42.5 Å². The number of carbonyl (C=O) groups is 1. The van der Waals surface area contributed by atoms with Gasteiger partial charge in [-0.25, -0.2) is 0 Å². The molecule has 140 valence electrons. The average molecular weight is 373 g/mol. The van der Waals surface area contributed by atoms with Crippen molar-refractivity contribution in [1.29, 1.82) is 0 Å². The maximum absolute atomic E-state index is 13.4. The first-order valence-corrected chi connectivity index (χ1v) is 8.90. The van der Waals surface area contributed by atoms with Gasteiger partial charge < -0.3 is 4.90 Å². The van der Waals surface area contributed by atoms with Crippen LogP contribution < -0.4 is 0 Å². The molecule has 1 saturated heterocycles. The lowest BCUT2D eigenvalue weighted by Crippen LogP contribution is -2.56. The Morgan fingerprint density at radius 3 is 2.19 bits per heavy atom. The summed E-state index contributed by atoms with van der Waals surface area (Å²) in [5, 5.41) is 6.63. The minimum absolute atomic E-state index is 0.250. The second kappa shape index (κ2) is 6.48. The Bertz CT molecular complexity index is 856. The minimum atomic E-state index is -4.58. The Hall–Kier alpha value is -2.70. The molecule has 1 unspecified atom stereocenters. The summed E-state index contributed by atoms with van der Waals surface area (Å²) >= 11 is 0. The fourth-order valence-corrected chi connectivity index (χ4v) is 3.68. The van der Waals surface area contributed by atoms with E-state index in [9.17, 15) is 18.0 Å². The average Bonchev–Trinajstić information content (AvgIpc) is 3.50. The molecule has 0 spiro atoms. The molecule has 1 atom stereocenters. The molecule has 0 radical (unpaired) electrons. The number of nitrogens with zero attached hydrogens (tertiary/aromatic N) is 3. The molecule has 2 aliphatic heterocycles. The van der Waals surface area contributed by atoms with Gasteiger partial charge in [0.1, 0.15) is 0 Å². The molecule has 4 rings (SSSR count). The molecular weight excluding hydrogens is 355 g/mol. The van der Waals surface area contributed by atoms with Crippen molar-refractivity contribution in [3.05, 3.63) is 60.2 Å². The summed E-state index contributed by atoms with van der Waals surface area (Å²) in [7, 11) is 0. The lowest BCUT2D eigenvalue weighted by atomic mass is 9.91. The Labute approximate surface area is 154 Å². The van der Waals surface area contributed by atoms with Crippen molar-refractivity contribution in [3.8, 4) is 11.1 Å². The van der Waals surface area contributed by atoms with Crippen molar-refractivity contribution < 1.29 is 18.0 Å². The van der Waals surface area contributed by atoms with Gasteiger partial charge in [0.05, 0.1) is 6.04 Å². The molecular formula is C20H18F3N3O. The van der Waals surface area contributed by atoms with Crippen LogP contribution in [0.25, 0.3) is 11.1 Å². The summed E-state index contributed by atoms with van der Waals surface area (Å²) in [5.74, 6) is -0.403. The first-order valence-electron chi connectivity index (χ1n) is 8.90. The first kappa shape index (κ1) is 17.7. The number of piperidine rings is 1. The van der Waals surface area contributed by atoms with Crippen molar-refractivity contribution in [1.82, 2.24) is 4.90 Å². The number of halogens is 3. The van der Waals surface area contributed by atoms with Gasteiger partial charge in [0.2, 0.25) is 0 Å². The van der Waals surface area contributed by atoms with E-state index in [0.29, 0.717) is 18.4 Å². The fraction of sp³-hybridized carbons (Fsp3) is 0.350. The summed E-state index contributed by atoms with van der Waals surface area (Å²) in [6, 6.07) is 15.6. The molecule has 2 aromatic carbocycles. The van der Waals surface area contributed by atoms with E-state index in [4.69, 9.17) is 0 Å². The third-order valence-corrected chi connectivity index (χ3v) is 5.20. The van der Waals surface area contributed by atoms with E-state index < -0.39 is 23.8 Å². The number of likely N-dealkylation sites (tertiary alicyclic amines) is 1. The molecule has 2 aliphatic rings. The highest BCUT2D eigenvalue weighted by Crippen LogP contribution is 2.50. The summed E-state index contributed by atoms with van der Waals surface area (Å²) in [6.45, 7) is 0.285. The Morgan fingerprint density at radius 1 is 0.963 bits per heavy atom. The van der Waals surface area contributed by atoms with Crippen LogP contribution in [0.1, 0.15) is 29.6 Å². The van der Waals surface area contributed by atoms with Crippen LogP contribution in [0.3, 0.4) is 0 Å². The van der Waals surface area contributed by atoms with Crippen LogP contribution >= 0.6 is 0 Å². The fourth-order valence-electron chi connectivity index (χ4n) is 3.68. The second-order valence-electron chi connectivity index (χ2n) is 6.88. The molecule has 0 aliphatic carbocycles. The van der Waals surface area contributed by atoms with Crippen LogP contribution in [-0.4, -0.2) is 35.2 Å². The van der Waals surface area contributed by atoms with Gasteiger partial charge in [-0.2, -0.15) is 13.2 Å². The molecule has 0 N–H and O–H groups in total. The van der Waals surface area contributed by atoms with Crippen LogP contribution in [0.4, 0.5) is 13.2 Å². The number of benzene rings is 2. The quantitative estimate of drug-likeness (QED) is 0.741. The van der Waals surface area contributed by atoms with Gasteiger partial charge >= 0.3 is 11.8 Å². The molecule has 7 heteroatoms. The van der Waals surface area contributed by atoms with E-state index in [2.05, 4.69) is 10.2 Å². The molecule has 1 amide bonds. The van der Waals surface area contributed by atoms with Gasteiger partial charge in [0.15, 0.2) is 0 Å². The minimum Gasteiger partial charge on any atom is -0.331 e. The number of carbonyl (C=O) groups excluding carboxylic acids is 1. The van der Waals surface area contributed by atoms with Gasteiger partial charge in [-0.15, -0.1) is 10.2 Å². The van der Waals surface area contributed by atoms with E-state index >= 15 is 0 Å². The molecule has 27 heavy (non-hydrogen) atoms. The van der Waals surface area contributed by atoms with Crippen molar-refractivity contribution in [2.45, 2.75) is 37.1 Å². The van der Waals surface area contributed by atoms with Gasteiger partial charge in [-0.3, -0.25) is 4.79 Å². The summed E-state index contributed by atoms with van der Waals surface area (Å²) in [5.41, 5.74) is -0.104. The predicted octanol–water partition coefficient (Wildman–Crippen LogP) is 5.07. The molecule has 4 nitrogen and oxygen atoms in total. The maximum atomic E-state index is 13.4. The van der Waals surface area contributed by atoms with Crippen LogP contribution in [-0.2, 0) is 0 Å². The summed E-state index contributed by atoms with van der Waals surface area (Å²) in [6.07, 6.45) is -3.02. The normalized spacial score (nSPS) is 21.1. The zero-order valence-electron chi connectivity index (χ0n) is 14.5. The summed E-state index contributed by atoms with van der Waals surface area (Å²) < 4.78 is 40.3. The third kappa shape index (κ3) is 3.11. The highest BCUT2D eigenvalue weighted by Gasteiger charge is 2.70. The van der Waals surface area contributed by atoms with Gasteiger partial charge in [0.25, 0.3) is 5.91 Å². The van der Waals surface area contributed by atoms with Crippen LogP contribution in [0, 0.1) is 0 Å². The number of amides is 1. The van der Waals surface area contributed by atoms with Crippen molar-refractivity contribution in [3.63, 3.8) is 0 Å². The topological polar surface area (TPSA) is 45.0 Å². The third-order valence-electron chi connectivity index (χ3n) is 5.20. The number of hydrogen-bond donors (Lipinski definition) is 0. The number of rotatable bonds is 3. The zero-order valence-corrected chi connectivity index (χ0v) is 14.5. The van der Waals surface area contributed by atoms with Crippen molar-refractivity contribution in [2.24, 2.45) is 10.2 Å². The van der Waals surface area contributed by atoms with E-state index in [1.54, 1.807) is 12.1 Å². The van der Waals surface area contributed by atoms with E-state index in [1.807, 2.05) is 42.5 Å². The Balaban J connectivity index is 1.58. The van der Waals surface area contributed by atoms with Crippen LogP contribution in [0.15, 0.2) is 64.8 Å². The molecule has 2 heterocycles. The smallest absolute Gasteiger partial charge is 0.331 e. The van der Waals surface area contributed by atoms with E-state index in [1.165, 1.54) is 4.90 Å². The lowest BCUT2D eigenvalue weighted by Gasteiger charge is -2.38. The van der Waals surface area contributed by atoms with Gasteiger partial charge in [-0.05, 0) is 42.5 Å². The molecule has 0 bridgehead atoms. The van der Waals surface area contributed by atoms with Crippen LogP contribution in [0.5, 0.6) is 0 Å². The molecule has 1 fully saturated rings. The second-order valence-corrected chi connectivity index (χ2v) is 6.88. The summed E-state index contributed by atoms with van der Waals surface area (Å²) in [4.78, 5) is 14.2. The highest BCUT2D eigenvalue weighted by molar-refractivity contribution is 5.95. The van der Waals surface area contributed by atoms with Gasteiger partial charge in [0, 0.05) is 12.1 Å². The zero-order chi connectivity index (χ0) is 19.1. The SMILES string of the molecule is O=C(c1ccc(-c2ccccc2)cc1)N1CCCCC1C1(C(F)(F)F)N=N1. The maximum Gasteiger partial charge on any atom is 0.439 e. The van der Waals surface area contributed by atoms with E-state index in [-0.39, 0.29) is 13.0 Å². The first-order chi connectivity index (χ1) is 12.9. The largest absolute Gasteiger partial charge is 0.439 e. The monoisotopic (exact) mass is 373 g/mol. The van der Waals surface area contributed by atoms with Crippen molar-refractivity contribution in [2.75, 3.05) is 6.54 Å². The Morgan fingerprint density at radius 2 is 1.59 bits per heavy atom. The van der Waals surface area contributed by atoms with Crippen LogP contribution in [0.2, 0.25) is 0 Å². The standard InChI is InChI=1S/C20H18F3N3O/c21-20(22,23)19(24-25-19)17-8-4-5-13-26(17)18(27)16-11-9-15(10-12-16)14-6-2-1-3-7-14/h1-3,6-7,9-12,17H,4-5,8,13H2. The predicted molar refractivity (Wildman–Crippen MR) is 94.2 cm³/mol. The highest BCUT2D eigenvalue weighted by atomic mass is 19.4. The lowest BCUT2D eigenvalue weighted by molar-refractivity contribution is -0.179. The Kier molecular flexibility index (Phi) is 4.25. The van der Waals surface area contributed by atoms with Crippen molar-refractivity contribution >= 4 is 5.91 Å².